The average Bonchev–Trinajstić information content (AvgIpc) is 2.38. The summed E-state index contributed by atoms with van der Waals surface area (Å²) in [6, 6.07) is 8.33. The Bertz CT molecular complexity index is 640. The largest absolute Gasteiger partial charge is 0.433 e. The third-order valence-corrected chi connectivity index (χ3v) is 2.93. The molecule has 1 aromatic carbocycles. The summed E-state index contributed by atoms with van der Waals surface area (Å²) in [5.41, 5.74) is 6.12. The fourth-order valence-electron chi connectivity index (χ4n) is 2.01. The zero-order valence-corrected chi connectivity index (χ0v) is 11.6. The van der Waals surface area contributed by atoms with Gasteiger partial charge in [0, 0.05) is 18.3 Å². The minimum atomic E-state index is -4.56. The van der Waals surface area contributed by atoms with E-state index < -0.39 is 17.8 Å². The second kappa shape index (κ2) is 5.59. The number of hydrogen-bond donors (Lipinski definition) is 1. The molecule has 0 spiro atoms. The van der Waals surface area contributed by atoms with Crippen molar-refractivity contribution in [1.29, 1.82) is 0 Å². The summed E-state index contributed by atoms with van der Waals surface area (Å²) in [5, 5.41) is 0. The Morgan fingerprint density at radius 2 is 1.90 bits per heavy atom. The van der Waals surface area contributed by atoms with Gasteiger partial charge in [0.1, 0.15) is 5.82 Å². The lowest BCUT2D eigenvalue weighted by molar-refractivity contribution is -0.141. The van der Waals surface area contributed by atoms with Gasteiger partial charge in [-0.3, -0.25) is 0 Å². The van der Waals surface area contributed by atoms with Crippen LogP contribution in [0.5, 0.6) is 0 Å². The Morgan fingerprint density at radius 3 is 2.48 bits per heavy atom. The molecule has 0 fully saturated rings. The molecule has 0 amide bonds. The lowest BCUT2D eigenvalue weighted by Gasteiger charge is -2.23. The second-order valence-electron chi connectivity index (χ2n) is 4.55. The minimum absolute atomic E-state index is 0.128. The van der Waals surface area contributed by atoms with E-state index in [0.29, 0.717) is 6.54 Å². The van der Waals surface area contributed by atoms with Gasteiger partial charge in [-0.25, -0.2) is 4.98 Å². The van der Waals surface area contributed by atoms with E-state index >= 15 is 0 Å². The van der Waals surface area contributed by atoms with Crippen LogP contribution in [0.3, 0.4) is 0 Å². The highest BCUT2D eigenvalue weighted by atomic mass is 19.4. The van der Waals surface area contributed by atoms with Crippen molar-refractivity contribution in [3.63, 3.8) is 0 Å². The number of alkyl halides is 3. The SMILES string of the molecule is CCN(c1cccc(C)c1)c1cc(C(F)(F)F)nc(N)n1. The number of aromatic nitrogens is 2. The van der Waals surface area contributed by atoms with Crippen LogP contribution in [0.15, 0.2) is 30.3 Å². The van der Waals surface area contributed by atoms with Crippen LogP contribution in [0.1, 0.15) is 18.2 Å². The fourth-order valence-corrected chi connectivity index (χ4v) is 2.01. The number of anilines is 3. The molecule has 0 atom stereocenters. The monoisotopic (exact) mass is 296 g/mol. The van der Waals surface area contributed by atoms with Gasteiger partial charge in [-0.15, -0.1) is 0 Å². The van der Waals surface area contributed by atoms with Crippen molar-refractivity contribution in [2.45, 2.75) is 20.0 Å². The molecular weight excluding hydrogens is 281 g/mol. The summed E-state index contributed by atoms with van der Waals surface area (Å²) >= 11 is 0. The molecule has 0 saturated heterocycles. The Hall–Kier alpha value is -2.31. The Kier molecular flexibility index (Phi) is 4.02. The first-order valence-corrected chi connectivity index (χ1v) is 6.37. The molecule has 21 heavy (non-hydrogen) atoms. The minimum Gasteiger partial charge on any atom is -0.368 e. The Labute approximate surface area is 120 Å². The highest BCUT2D eigenvalue weighted by Gasteiger charge is 2.34. The molecule has 0 unspecified atom stereocenters. The van der Waals surface area contributed by atoms with Crippen molar-refractivity contribution in [2.24, 2.45) is 0 Å². The fraction of sp³-hybridized carbons (Fsp3) is 0.286. The van der Waals surface area contributed by atoms with Crippen molar-refractivity contribution < 1.29 is 13.2 Å². The quantitative estimate of drug-likeness (QED) is 0.941. The van der Waals surface area contributed by atoms with Crippen molar-refractivity contribution >= 4 is 17.5 Å². The molecule has 0 saturated carbocycles. The van der Waals surface area contributed by atoms with Crippen molar-refractivity contribution in [3.8, 4) is 0 Å². The number of nitrogens with zero attached hydrogens (tertiary/aromatic N) is 3. The van der Waals surface area contributed by atoms with E-state index in [4.69, 9.17) is 5.73 Å². The zero-order chi connectivity index (χ0) is 15.6. The summed E-state index contributed by atoms with van der Waals surface area (Å²) in [4.78, 5) is 8.82. The second-order valence-corrected chi connectivity index (χ2v) is 4.55. The van der Waals surface area contributed by atoms with Crippen LogP contribution in [0.25, 0.3) is 0 Å². The zero-order valence-electron chi connectivity index (χ0n) is 11.6. The van der Waals surface area contributed by atoms with E-state index in [1.807, 2.05) is 38.1 Å². The van der Waals surface area contributed by atoms with Crippen molar-refractivity contribution in [2.75, 3.05) is 17.2 Å². The van der Waals surface area contributed by atoms with Gasteiger partial charge in [0.15, 0.2) is 5.69 Å². The summed E-state index contributed by atoms with van der Waals surface area (Å²) in [5.74, 6) is -0.270. The van der Waals surface area contributed by atoms with E-state index in [1.54, 1.807) is 4.90 Å². The Morgan fingerprint density at radius 1 is 1.19 bits per heavy atom. The van der Waals surface area contributed by atoms with Gasteiger partial charge in [-0.2, -0.15) is 18.2 Å². The summed E-state index contributed by atoms with van der Waals surface area (Å²) in [6.45, 7) is 4.19. The molecule has 112 valence electrons. The van der Waals surface area contributed by atoms with Crippen LogP contribution in [0, 0.1) is 6.92 Å². The van der Waals surface area contributed by atoms with E-state index in [1.165, 1.54) is 0 Å². The average molecular weight is 296 g/mol. The van der Waals surface area contributed by atoms with Crippen LogP contribution in [-0.2, 0) is 6.18 Å². The van der Waals surface area contributed by atoms with E-state index in [9.17, 15) is 13.2 Å². The van der Waals surface area contributed by atoms with Crippen LogP contribution in [0.4, 0.5) is 30.6 Å². The molecule has 0 radical (unpaired) electrons. The Balaban J connectivity index is 2.50. The van der Waals surface area contributed by atoms with Gasteiger partial charge in [0.05, 0.1) is 0 Å². The molecule has 7 heteroatoms. The molecule has 0 aliphatic rings. The van der Waals surface area contributed by atoms with Crippen molar-refractivity contribution in [1.82, 2.24) is 9.97 Å². The molecule has 0 bridgehead atoms. The number of nitrogens with two attached hydrogens (primary N) is 1. The first-order valence-electron chi connectivity index (χ1n) is 6.37. The van der Waals surface area contributed by atoms with E-state index in [0.717, 1.165) is 17.3 Å². The van der Waals surface area contributed by atoms with Gasteiger partial charge in [-0.1, -0.05) is 12.1 Å². The van der Waals surface area contributed by atoms with Gasteiger partial charge in [-0.05, 0) is 31.5 Å². The number of hydrogen-bond acceptors (Lipinski definition) is 4. The standard InChI is InChI=1S/C14H15F3N4/c1-3-21(10-6-4-5-9(2)7-10)12-8-11(14(15,16)17)19-13(18)20-12/h4-8H,3H2,1-2H3,(H2,18,19,20). The molecule has 2 aromatic rings. The van der Waals surface area contributed by atoms with Crippen LogP contribution in [0.2, 0.25) is 0 Å². The normalized spacial score (nSPS) is 11.5. The van der Waals surface area contributed by atoms with Gasteiger partial charge >= 0.3 is 6.18 Å². The van der Waals surface area contributed by atoms with Gasteiger partial charge < -0.3 is 10.6 Å². The molecular formula is C14H15F3N4. The van der Waals surface area contributed by atoms with Gasteiger partial charge in [0.25, 0.3) is 0 Å². The number of halogens is 3. The molecule has 0 aliphatic carbocycles. The smallest absolute Gasteiger partial charge is 0.368 e. The lowest BCUT2D eigenvalue weighted by Crippen LogP contribution is -2.20. The molecule has 2 N–H and O–H groups in total. The summed E-state index contributed by atoms with van der Waals surface area (Å²) in [6.07, 6.45) is -4.56. The molecule has 2 rings (SSSR count). The lowest BCUT2D eigenvalue weighted by atomic mass is 10.2. The third-order valence-electron chi connectivity index (χ3n) is 2.93. The van der Waals surface area contributed by atoms with E-state index in [-0.39, 0.29) is 5.82 Å². The third kappa shape index (κ3) is 3.42. The van der Waals surface area contributed by atoms with Crippen LogP contribution < -0.4 is 10.6 Å². The molecule has 1 heterocycles. The molecule has 4 nitrogen and oxygen atoms in total. The maximum Gasteiger partial charge on any atom is 0.433 e. The van der Waals surface area contributed by atoms with Crippen LogP contribution >= 0.6 is 0 Å². The summed E-state index contributed by atoms with van der Waals surface area (Å²) in [7, 11) is 0. The predicted molar refractivity (Wildman–Crippen MR) is 75.3 cm³/mol. The summed E-state index contributed by atoms with van der Waals surface area (Å²) < 4.78 is 38.5. The van der Waals surface area contributed by atoms with Crippen molar-refractivity contribution in [3.05, 3.63) is 41.6 Å². The van der Waals surface area contributed by atoms with Gasteiger partial charge in [0.2, 0.25) is 5.95 Å². The number of aryl methyl sites for hydroxylation is 1. The highest BCUT2D eigenvalue weighted by molar-refractivity contribution is 5.61. The topological polar surface area (TPSA) is 55.0 Å². The van der Waals surface area contributed by atoms with Crippen LogP contribution in [-0.4, -0.2) is 16.5 Å². The number of benzene rings is 1. The molecule has 1 aromatic heterocycles. The molecule has 0 aliphatic heterocycles. The maximum absolute atomic E-state index is 12.8. The first kappa shape index (κ1) is 15.1. The van der Waals surface area contributed by atoms with E-state index in [2.05, 4.69) is 9.97 Å². The predicted octanol–water partition coefficient (Wildman–Crippen LogP) is 3.54. The number of rotatable bonds is 3. The maximum atomic E-state index is 12.8. The number of nitrogen functional groups attached to an aromatic ring is 1. The highest BCUT2D eigenvalue weighted by Crippen LogP contribution is 2.32. The first-order chi connectivity index (χ1) is 9.81.